The Morgan fingerprint density at radius 3 is 2.51 bits per heavy atom. The zero-order valence-electron chi connectivity index (χ0n) is 19.1. The Labute approximate surface area is 200 Å². The van der Waals surface area contributed by atoms with Gasteiger partial charge in [0.25, 0.3) is 5.91 Å². The van der Waals surface area contributed by atoms with Gasteiger partial charge in [-0.15, -0.1) is 5.10 Å². The number of hydrogen-bond acceptors (Lipinski definition) is 10. The van der Waals surface area contributed by atoms with Gasteiger partial charge in [-0.2, -0.15) is 4.68 Å². The first-order valence-electron chi connectivity index (χ1n) is 10.8. The Morgan fingerprint density at radius 2 is 1.89 bits per heavy atom. The van der Waals surface area contributed by atoms with Gasteiger partial charge in [0, 0.05) is 5.56 Å². The maximum absolute atomic E-state index is 13.1. The number of benzene rings is 2. The minimum absolute atomic E-state index is 0.00679. The first kappa shape index (κ1) is 23.3. The van der Waals surface area contributed by atoms with Crippen LogP contribution in [0.3, 0.4) is 0 Å². The number of allylic oxidation sites excluding steroid dienone is 1. The number of nitrogens with one attached hydrogen (secondary N) is 2. The fourth-order valence-corrected chi connectivity index (χ4v) is 3.24. The summed E-state index contributed by atoms with van der Waals surface area (Å²) in [7, 11) is 0. The summed E-state index contributed by atoms with van der Waals surface area (Å²) in [4.78, 5) is 13.1. The van der Waals surface area contributed by atoms with Gasteiger partial charge >= 0.3 is 0 Å². The van der Waals surface area contributed by atoms with Crippen LogP contribution in [0.2, 0.25) is 0 Å². The third-order valence-electron chi connectivity index (χ3n) is 4.96. The molecule has 4 rings (SSSR count). The molecule has 5 N–H and O–H groups in total. The van der Waals surface area contributed by atoms with Crippen LogP contribution >= 0.6 is 0 Å². The van der Waals surface area contributed by atoms with E-state index in [1.54, 1.807) is 54.6 Å². The molecular weight excluding hydrogens is 452 g/mol. The van der Waals surface area contributed by atoms with Crippen LogP contribution in [0.15, 0.2) is 59.2 Å². The number of hydrogen-bond donors (Lipinski definition) is 4. The summed E-state index contributed by atoms with van der Waals surface area (Å²) in [5.41, 5.74) is 13.7. The average Bonchev–Trinajstić information content (AvgIpc) is 3.50. The molecule has 0 saturated heterocycles. The Hall–Kier alpha value is -4.87. The number of phenolic OH excluding ortho intramolecular Hbond substituents is 1. The predicted molar refractivity (Wildman–Crippen MR) is 127 cm³/mol. The van der Waals surface area contributed by atoms with Crippen molar-refractivity contribution in [2.24, 2.45) is 0 Å². The van der Waals surface area contributed by atoms with Crippen molar-refractivity contribution in [1.29, 1.82) is 0 Å². The molecule has 12 heteroatoms. The highest BCUT2D eigenvalue weighted by Gasteiger charge is 2.25. The lowest BCUT2D eigenvalue weighted by molar-refractivity contribution is 0.0938. The summed E-state index contributed by atoms with van der Waals surface area (Å²) in [6, 6.07) is 13.7. The fourth-order valence-electron chi connectivity index (χ4n) is 3.24. The highest BCUT2D eigenvalue weighted by molar-refractivity contribution is 5.98. The SMILES string of the molecule is CC=C(NNC(=O)c1nnn(-c2nonc2N)c1-c1ccc(OCCC)cc1)c1ccc(O)cc1. The van der Waals surface area contributed by atoms with Crippen LogP contribution in [0.4, 0.5) is 5.82 Å². The van der Waals surface area contributed by atoms with E-state index >= 15 is 0 Å². The van der Waals surface area contributed by atoms with Gasteiger partial charge in [0.15, 0.2) is 5.69 Å². The highest BCUT2D eigenvalue weighted by atomic mass is 16.6. The molecule has 4 aromatic rings. The number of aromatic hydroxyl groups is 1. The van der Waals surface area contributed by atoms with Crippen LogP contribution < -0.4 is 21.3 Å². The van der Waals surface area contributed by atoms with E-state index in [9.17, 15) is 9.90 Å². The van der Waals surface area contributed by atoms with Crippen molar-refractivity contribution in [3.63, 3.8) is 0 Å². The van der Waals surface area contributed by atoms with Gasteiger partial charge in [-0.3, -0.25) is 15.6 Å². The van der Waals surface area contributed by atoms with E-state index in [0.29, 0.717) is 29.3 Å². The molecule has 0 spiro atoms. The normalized spacial score (nSPS) is 11.3. The quantitative estimate of drug-likeness (QED) is 0.264. The number of nitrogens with zero attached hydrogens (tertiary/aromatic N) is 5. The second-order valence-corrected chi connectivity index (χ2v) is 7.37. The van der Waals surface area contributed by atoms with E-state index in [2.05, 4.69) is 31.5 Å². The number of hydrazine groups is 1. The van der Waals surface area contributed by atoms with Crippen LogP contribution in [0.25, 0.3) is 22.8 Å². The third kappa shape index (κ3) is 5.05. The summed E-state index contributed by atoms with van der Waals surface area (Å²) in [5, 5.41) is 25.0. The molecule has 2 aromatic heterocycles. The largest absolute Gasteiger partial charge is 0.508 e. The predicted octanol–water partition coefficient (Wildman–Crippen LogP) is 2.69. The van der Waals surface area contributed by atoms with Crippen LogP contribution in [-0.4, -0.2) is 42.9 Å². The van der Waals surface area contributed by atoms with Crippen LogP contribution in [0.1, 0.15) is 36.3 Å². The number of nitrogens with two attached hydrogens (primary N) is 1. The van der Waals surface area contributed by atoms with Gasteiger partial charge in [0.2, 0.25) is 11.6 Å². The van der Waals surface area contributed by atoms with Crippen LogP contribution in [0, 0.1) is 0 Å². The molecule has 0 radical (unpaired) electrons. The number of carbonyl (C=O) groups is 1. The summed E-state index contributed by atoms with van der Waals surface area (Å²) in [6.45, 7) is 4.42. The Kier molecular flexibility index (Phi) is 6.91. The number of aromatic nitrogens is 5. The number of anilines is 1. The van der Waals surface area contributed by atoms with Gasteiger partial charge in [-0.05, 0) is 77.8 Å². The Bertz CT molecular complexity index is 1330. The van der Waals surface area contributed by atoms with E-state index in [0.717, 1.165) is 12.0 Å². The first-order valence-corrected chi connectivity index (χ1v) is 10.8. The standard InChI is InChI=1S/C23H24N8O4/c1-3-13-34-17-11-7-15(8-12-17)20-19(26-30-31(20)22-21(24)28-35-29-22)23(33)27-25-18(4-2)14-5-9-16(32)10-6-14/h4-12,25,32H,3,13H2,1-2H3,(H2,24,28)(H,27,33). The Morgan fingerprint density at radius 1 is 1.14 bits per heavy atom. The molecule has 35 heavy (non-hydrogen) atoms. The van der Waals surface area contributed by atoms with Crippen molar-refractivity contribution in [2.45, 2.75) is 20.3 Å². The van der Waals surface area contributed by atoms with E-state index in [4.69, 9.17) is 15.1 Å². The number of ether oxygens (including phenoxy) is 1. The fraction of sp³-hybridized carbons (Fsp3) is 0.174. The lowest BCUT2D eigenvalue weighted by Gasteiger charge is -2.13. The van der Waals surface area contributed by atoms with Gasteiger partial charge in [0.1, 0.15) is 17.2 Å². The van der Waals surface area contributed by atoms with Crippen LogP contribution in [0.5, 0.6) is 11.5 Å². The van der Waals surface area contributed by atoms with Gasteiger partial charge < -0.3 is 15.6 Å². The maximum atomic E-state index is 13.1. The maximum Gasteiger partial charge on any atom is 0.292 e. The average molecular weight is 476 g/mol. The minimum atomic E-state index is -0.550. The van der Waals surface area contributed by atoms with E-state index in [-0.39, 0.29) is 23.1 Å². The molecule has 0 unspecified atom stereocenters. The molecular formula is C23H24N8O4. The number of amides is 1. The van der Waals surface area contributed by atoms with Crippen molar-refractivity contribution in [1.82, 2.24) is 36.2 Å². The van der Waals surface area contributed by atoms with E-state index < -0.39 is 5.91 Å². The Balaban J connectivity index is 1.64. The zero-order valence-corrected chi connectivity index (χ0v) is 19.1. The monoisotopic (exact) mass is 476 g/mol. The molecule has 0 fully saturated rings. The lowest BCUT2D eigenvalue weighted by atomic mass is 10.1. The smallest absolute Gasteiger partial charge is 0.292 e. The molecule has 0 atom stereocenters. The van der Waals surface area contributed by atoms with Gasteiger partial charge in [0.05, 0.1) is 12.3 Å². The molecule has 0 aliphatic rings. The van der Waals surface area contributed by atoms with Gasteiger partial charge in [-0.25, -0.2) is 4.63 Å². The molecule has 180 valence electrons. The second kappa shape index (κ2) is 10.4. The minimum Gasteiger partial charge on any atom is -0.508 e. The van der Waals surface area contributed by atoms with Crippen molar-refractivity contribution in [3.05, 3.63) is 65.9 Å². The third-order valence-corrected chi connectivity index (χ3v) is 4.96. The van der Waals surface area contributed by atoms with E-state index in [1.807, 2.05) is 13.8 Å². The summed E-state index contributed by atoms with van der Waals surface area (Å²) < 4.78 is 11.6. The van der Waals surface area contributed by atoms with E-state index in [1.165, 1.54) is 4.68 Å². The number of carbonyl (C=O) groups excluding carboxylic acids is 1. The zero-order chi connectivity index (χ0) is 24.8. The molecule has 0 aliphatic heterocycles. The molecule has 0 aliphatic carbocycles. The van der Waals surface area contributed by atoms with Crippen molar-refractivity contribution >= 4 is 17.4 Å². The van der Waals surface area contributed by atoms with Crippen molar-refractivity contribution < 1.29 is 19.3 Å². The van der Waals surface area contributed by atoms with Gasteiger partial charge in [-0.1, -0.05) is 18.2 Å². The molecule has 12 nitrogen and oxygen atoms in total. The molecule has 0 saturated carbocycles. The highest BCUT2D eigenvalue weighted by Crippen LogP contribution is 2.28. The topological polar surface area (TPSA) is 166 Å². The molecule has 1 amide bonds. The van der Waals surface area contributed by atoms with Crippen LogP contribution in [-0.2, 0) is 0 Å². The first-order chi connectivity index (χ1) is 17.0. The molecule has 2 heterocycles. The lowest BCUT2D eigenvalue weighted by Crippen LogP contribution is -2.36. The number of rotatable bonds is 9. The second-order valence-electron chi connectivity index (χ2n) is 7.37. The summed E-state index contributed by atoms with van der Waals surface area (Å²) in [6.07, 6.45) is 2.66. The summed E-state index contributed by atoms with van der Waals surface area (Å²) >= 11 is 0. The molecule has 0 bridgehead atoms. The van der Waals surface area contributed by atoms with Crippen molar-refractivity contribution in [2.75, 3.05) is 12.3 Å². The van der Waals surface area contributed by atoms with Crippen molar-refractivity contribution in [3.8, 4) is 28.6 Å². The number of phenols is 1. The summed E-state index contributed by atoms with van der Waals surface area (Å²) in [5.74, 6) is 0.376. The number of nitrogen functional groups attached to an aromatic ring is 1. The molecule has 2 aromatic carbocycles.